The largest absolute Gasteiger partial charge is 0.416 e. The van der Waals surface area contributed by atoms with E-state index in [-0.39, 0.29) is 31.0 Å². The van der Waals surface area contributed by atoms with Gasteiger partial charge in [0.05, 0.1) is 40.5 Å². The number of carbonyl (C=O) groups excluding carboxylic acids is 1. The first-order chi connectivity index (χ1) is 21.4. The fourth-order valence-electron chi connectivity index (χ4n) is 7.19. The zero-order valence-electron chi connectivity index (χ0n) is 23.9. The van der Waals surface area contributed by atoms with Crippen LogP contribution < -0.4 is 5.32 Å². The van der Waals surface area contributed by atoms with Gasteiger partial charge in [0, 0.05) is 11.1 Å². The summed E-state index contributed by atoms with van der Waals surface area (Å²) in [5, 5.41) is 6.41. The molecule has 0 bridgehead atoms. The molecular weight excluding hydrogens is 632 g/mol. The van der Waals surface area contributed by atoms with Gasteiger partial charge in [0.15, 0.2) is 0 Å². The third-order valence-electron chi connectivity index (χ3n) is 9.32. The van der Waals surface area contributed by atoms with E-state index in [4.69, 9.17) is 0 Å². The first kappa shape index (κ1) is 31.9. The number of halogens is 10. The molecule has 3 aliphatic rings. The maximum atomic E-state index is 14.4. The van der Waals surface area contributed by atoms with Crippen LogP contribution in [0.25, 0.3) is 11.8 Å². The van der Waals surface area contributed by atoms with Crippen LogP contribution in [0.15, 0.2) is 65.9 Å². The molecular formula is C32H25F10N3O. The molecule has 0 unspecified atom stereocenters. The molecule has 2 aromatic carbocycles. The predicted molar refractivity (Wildman–Crippen MR) is 147 cm³/mol. The molecule has 4 nitrogen and oxygen atoms in total. The van der Waals surface area contributed by atoms with E-state index in [2.05, 4.69) is 5.10 Å². The fourth-order valence-corrected chi connectivity index (χ4v) is 7.19. The van der Waals surface area contributed by atoms with Crippen LogP contribution in [-0.4, -0.2) is 21.9 Å². The molecule has 1 heterocycles. The maximum Gasteiger partial charge on any atom is 0.416 e. The van der Waals surface area contributed by atoms with Crippen molar-refractivity contribution in [2.45, 2.75) is 51.1 Å². The van der Waals surface area contributed by atoms with Crippen molar-refractivity contribution in [2.24, 2.45) is 23.2 Å². The molecule has 0 radical (unpaired) electrons. The number of hydrogen-bond acceptors (Lipinski definition) is 2. The third-order valence-corrected chi connectivity index (χ3v) is 9.32. The Morgan fingerprint density at radius 3 is 2.17 bits per heavy atom. The Morgan fingerprint density at radius 2 is 1.59 bits per heavy atom. The summed E-state index contributed by atoms with van der Waals surface area (Å²) < 4.78 is 139. The number of amides is 1. The quantitative estimate of drug-likeness (QED) is 0.226. The molecule has 244 valence electrons. The summed E-state index contributed by atoms with van der Waals surface area (Å²) in [6.07, 6.45) is -10.2. The first-order valence-electron chi connectivity index (χ1n) is 14.3. The number of hydrogen-bond donors (Lipinski definition) is 1. The van der Waals surface area contributed by atoms with Gasteiger partial charge in [-0.15, -0.1) is 0 Å². The highest BCUT2D eigenvalue weighted by Gasteiger charge is 2.56. The lowest BCUT2D eigenvalue weighted by atomic mass is 9.54. The third kappa shape index (κ3) is 5.59. The standard InChI is InChI=1S/C32H25F10N3O/c1-29-14-16-15-43-45(22-5-3-20(33)4-6-22)26(16)13-17(29)2-7-23-24(29)8-9-25(32(40,41)42)27(23)28(46)44-21-11-18(30(34,35)36)10-19(12-21)31(37,38)39/h3-6,8,10-13,15,23,25,27H,2,7,9,14H2,1H3,(H,44,46)/t23-,25+,27+,29-/m0/s1. The van der Waals surface area contributed by atoms with Gasteiger partial charge in [-0.1, -0.05) is 24.1 Å². The molecule has 3 aliphatic carbocycles. The second-order valence-corrected chi connectivity index (χ2v) is 12.1. The predicted octanol–water partition coefficient (Wildman–Crippen LogP) is 9.17. The van der Waals surface area contributed by atoms with Crippen LogP contribution in [0.1, 0.15) is 48.6 Å². The number of alkyl halides is 9. The topological polar surface area (TPSA) is 46.9 Å². The number of fused-ring (bicyclic) bond motifs is 4. The van der Waals surface area contributed by atoms with Crippen LogP contribution in [0.2, 0.25) is 0 Å². The minimum Gasteiger partial charge on any atom is -0.326 e. The highest BCUT2D eigenvalue weighted by molar-refractivity contribution is 5.94. The minimum absolute atomic E-state index is 0.0916. The van der Waals surface area contributed by atoms with Gasteiger partial charge < -0.3 is 5.32 Å². The number of carbonyl (C=O) groups is 1. The van der Waals surface area contributed by atoms with Crippen molar-refractivity contribution in [1.82, 2.24) is 9.78 Å². The van der Waals surface area contributed by atoms with E-state index >= 15 is 0 Å². The molecule has 14 heteroatoms. The lowest BCUT2D eigenvalue weighted by Gasteiger charge is -2.50. The van der Waals surface area contributed by atoms with Gasteiger partial charge in [-0.05, 0) is 85.7 Å². The first-order valence-corrected chi connectivity index (χ1v) is 14.3. The summed E-state index contributed by atoms with van der Waals surface area (Å²) in [6.45, 7) is 1.85. The average molecular weight is 658 g/mol. The summed E-state index contributed by atoms with van der Waals surface area (Å²) in [5.74, 6) is -6.72. The van der Waals surface area contributed by atoms with Crippen molar-refractivity contribution in [2.75, 3.05) is 5.32 Å². The molecule has 0 aliphatic heterocycles. The molecule has 1 amide bonds. The van der Waals surface area contributed by atoms with Crippen LogP contribution in [0.5, 0.6) is 0 Å². The summed E-state index contributed by atoms with van der Waals surface area (Å²) in [6, 6.07) is 6.11. The summed E-state index contributed by atoms with van der Waals surface area (Å²) >= 11 is 0. The van der Waals surface area contributed by atoms with E-state index in [0.717, 1.165) is 16.8 Å². The zero-order valence-corrected chi connectivity index (χ0v) is 23.9. The summed E-state index contributed by atoms with van der Waals surface area (Å²) in [5.41, 5.74) is -1.59. The van der Waals surface area contributed by atoms with E-state index in [9.17, 15) is 48.7 Å². The molecule has 0 spiro atoms. The van der Waals surface area contributed by atoms with Gasteiger partial charge >= 0.3 is 18.5 Å². The molecule has 1 fully saturated rings. The summed E-state index contributed by atoms with van der Waals surface area (Å²) in [4.78, 5) is 13.6. The van der Waals surface area contributed by atoms with Crippen molar-refractivity contribution < 1.29 is 48.7 Å². The van der Waals surface area contributed by atoms with Crippen LogP contribution >= 0.6 is 0 Å². The molecule has 1 aromatic heterocycles. The molecule has 0 saturated heterocycles. The Hall–Kier alpha value is -4.10. The van der Waals surface area contributed by atoms with Crippen molar-refractivity contribution >= 4 is 17.7 Å². The van der Waals surface area contributed by atoms with Gasteiger partial charge in [-0.2, -0.15) is 44.6 Å². The molecule has 6 rings (SSSR count). The Morgan fingerprint density at radius 1 is 0.957 bits per heavy atom. The van der Waals surface area contributed by atoms with E-state index < -0.39 is 76.7 Å². The van der Waals surface area contributed by atoms with Gasteiger partial charge in [0.25, 0.3) is 0 Å². The smallest absolute Gasteiger partial charge is 0.326 e. The average Bonchev–Trinajstić information content (AvgIpc) is 3.36. The second kappa shape index (κ2) is 10.7. The SMILES string of the molecule is C[C@]12Cc3cnn(-c4ccc(F)cc4)c3C=C1CC[C@H]1C2=CC[C@@H](C(F)(F)F)[C@@H]1C(=O)Nc1cc(C(F)(F)F)cc(C(F)(F)F)c1. The van der Waals surface area contributed by atoms with Gasteiger partial charge in [-0.3, -0.25) is 4.79 Å². The normalized spacial score (nSPS) is 24.7. The van der Waals surface area contributed by atoms with Crippen LogP contribution in [0.3, 0.4) is 0 Å². The number of benzene rings is 2. The van der Waals surface area contributed by atoms with E-state index in [1.54, 1.807) is 23.0 Å². The zero-order chi connectivity index (χ0) is 33.4. The number of nitrogens with zero attached hydrogens (tertiary/aromatic N) is 2. The highest BCUT2D eigenvalue weighted by Crippen LogP contribution is 2.59. The number of aromatic nitrogens is 2. The Bertz CT molecular complexity index is 1710. The molecule has 1 saturated carbocycles. The van der Waals surface area contributed by atoms with Gasteiger partial charge in [0.2, 0.25) is 5.91 Å². The number of rotatable bonds is 3. The van der Waals surface area contributed by atoms with E-state index in [0.29, 0.717) is 17.7 Å². The molecule has 46 heavy (non-hydrogen) atoms. The van der Waals surface area contributed by atoms with Gasteiger partial charge in [-0.25, -0.2) is 9.07 Å². The van der Waals surface area contributed by atoms with Crippen molar-refractivity contribution in [3.05, 3.63) is 94.1 Å². The monoisotopic (exact) mass is 657 g/mol. The molecule has 3 aromatic rings. The van der Waals surface area contributed by atoms with Crippen LogP contribution in [-0.2, 0) is 23.6 Å². The Labute approximate surface area is 255 Å². The minimum atomic E-state index is -5.21. The Kier molecular flexibility index (Phi) is 7.43. The van der Waals surface area contributed by atoms with E-state index in [1.165, 1.54) is 18.2 Å². The second-order valence-electron chi connectivity index (χ2n) is 12.1. The number of nitrogens with one attached hydrogen (secondary N) is 1. The molecule has 1 N–H and O–H groups in total. The Balaban J connectivity index is 1.35. The van der Waals surface area contributed by atoms with Crippen molar-refractivity contribution in [3.63, 3.8) is 0 Å². The summed E-state index contributed by atoms with van der Waals surface area (Å²) in [7, 11) is 0. The molecule has 4 atom stereocenters. The fraction of sp³-hybridized carbons (Fsp3) is 0.375. The van der Waals surface area contributed by atoms with Crippen LogP contribution in [0, 0.1) is 29.0 Å². The number of allylic oxidation sites excluding steroid dienone is 3. The lowest BCUT2D eigenvalue weighted by molar-refractivity contribution is -0.196. The highest BCUT2D eigenvalue weighted by atomic mass is 19.4. The van der Waals surface area contributed by atoms with Crippen molar-refractivity contribution in [1.29, 1.82) is 0 Å². The van der Waals surface area contributed by atoms with Crippen LogP contribution in [0.4, 0.5) is 49.6 Å². The van der Waals surface area contributed by atoms with Gasteiger partial charge in [0.1, 0.15) is 5.82 Å². The van der Waals surface area contributed by atoms with E-state index in [1.807, 2.05) is 18.3 Å². The maximum absolute atomic E-state index is 14.4. The lowest BCUT2D eigenvalue weighted by Crippen LogP contribution is -2.49. The number of anilines is 1. The van der Waals surface area contributed by atoms with Crippen molar-refractivity contribution in [3.8, 4) is 5.69 Å².